The molecule has 0 amide bonds. The molecule has 6 nitrogen and oxygen atoms in total. The molecule has 2 heterocycles. The van der Waals surface area contributed by atoms with Gasteiger partial charge in [-0.05, 0) is 17.5 Å². The second-order valence-corrected chi connectivity index (χ2v) is 5.71. The maximum Gasteiger partial charge on any atom is 0.348 e. The minimum atomic E-state index is -0.373. The molecule has 0 aliphatic rings. The van der Waals surface area contributed by atoms with Crippen molar-refractivity contribution in [2.24, 2.45) is 0 Å². The molecule has 0 aliphatic heterocycles. The van der Waals surface area contributed by atoms with E-state index in [9.17, 15) is 4.79 Å². The van der Waals surface area contributed by atoms with E-state index in [1.807, 2.05) is 24.3 Å². The number of nitrogens with one attached hydrogen (secondary N) is 1. The Hall–Kier alpha value is -2.98. The molecule has 1 aromatic carbocycles. The minimum absolute atomic E-state index is 0.349. The number of hydrogen-bond donors (Lipinski definition) is 1. The summed E-state index contributed by atoms with van der Waals surface area (Å²) >= 11 is 1.39. The Kier molecular flexibility index (Phi) is 4.17. The lowest BCUT2D eigenvalue weighted by Crippen LogP contribution is -2.08. The number of ether oxygens (including phenoxy) is 1. The number of aromatic nitrogens is 2. The maximum absolute atomic E-state index is 12.0. The Morgan fingerprint density at radius 2 is 2.22 bits per heavy atom. The highest BCUT2D eigenvalue weighted by molar-refractivity contribution is 7.21. The molecule has 0 radical (unpaired) electrons. The number of esters is 1. The molecule has 2 aromatic heterocycles. The van der Waals surface area contributed by atoms with Crippen molar-refractivity contribution >= 4 is 33.2 Å². The molecule has 114 valence electrons. The van der Waals surface area contributed by atoms with Crippen LogP contribution in [0.25, 0.3) is 10.1 Å². The number of hydrogen-bond acceptors (Lipinski definition) is 7. The van der Waals surface area contributed by atoms with Crippen molar-refractivity contribution in [3.05, 3.63) is 52.5 Å². The van der Waals surface area contributed by atoms with Crippen LogP contribution in [0.1, 0.15) is 20.8 Å². The van der Waals surface area contributed by atoms with Crippen molar-refractivity contribution < 1.29 is 9.53 Å². The maximum atomic E-state index is 12.0. The number of nitrogens with zero attached hydrogens (tertiary/aromatic N) is 3. The van der Waals surface area contributed by atoms with Crippen LogP contribution >= 0.6 is 11.3 Å². The minimum Gasteiger partial charge on any atom is -0.465 e. The molecule has 0 saturated carbocycles. The van der Waals surface area contributed by atoms with E-state index in [0.717, 1.165) is 15.6 Å². The summed E-state index contributed by atoms with van der Waals surface area (Å²) in [4.78, 5) is 12.6. The Balaban J connectivity index is 1.99. The Morgan fingerprint density at radius 1 is 1.39 bits per heavy atom. The first-order valence-electron chi connectivity index (χ1n) is 6.79. The molecular weight excluding hydrogens is 312 g/mol. The highest BCUT2D eigenvalue weighted by Crippen LogP contribution is 2.32. The summed E-state index contributed by atoms with van der Waals surface area (Å²) in [5.74, 6) is 0.0174. The molecular formula is C16H12N4O2S. The molecule has 3 aromatic rings. The van der Waals surface area contributed by atoms with E-state index in [1.54, 1.807) is 6.07 Å². The zero-order chi connectivity index (χ0) is 16.2. The van der Waals surface area contributed by atoms with Crippen LogP contribution in [0.15, 0.2) is 36.5 Å². The number of fused-ring (bicyclic) bond motifs is 1. The van der Waals surface area contributed by atoms with Crippen LogP contribution < -0.4 is 5.32 Å². The summed E-state index contributed by atoms with van der Waals surface area (Å²) < 4.78 is 5.87. The van der Waals surface area contributed by atoms with Crippen molar-refractivity contribution in [1.29, 1.82) is 5.26 Å². The second kappa shape index (κ2) is 6.42. The van der Waals surface area contributed by atoms with Gasteiger partial charge in [0.1, 0.15) is 10.9 Å². The predicted octanol–water partition coefficient (Wildman–Crippen LogP) is 2.96. The van der Waals surface area contributed by atoms with Crippen molar-refractivity contribution in [1.82, 2.24) is 10.2 Å². The summed E-state index contributed by atoms with van der Waals surface area (Å²) in [5, 5.41) is 20.9. The fraction of sp³-hybridized carbons (Fsp3) is 0.125. The number of nitriles is 1. The van der Waals surface area contributed by atoms with Gasteiger partial charge in [0.2, 0.25) is 0 Å². The number of anilines is 1. The van der Waals surface area contributed by atoms with E-state index in [4.69, 9.17) is 10.00 Å². The third kappa shape index (κ3) is 2.84. The van der Waals surface area contributed by atoms with Gasteiger partial charge in [0.15, 0.2) is 5.82 Å². The molecule has 0 unspecified atom stereocenters. The van der Waals surface area contributed by atoms with Crippen LogP contribution in [0.2, 0.25) is 0 Å². The molecule has 0 spiro atoms. The first kappa shape index (κ1) is 14.9. The third-order valence-corrected chi connectivity index (χ3v) is 4.54. The monoisotopic (exact) mass is 324 g/mol. The summed E-state index contributed by atoms with van der Waals surface area (Å²) in [6, 6.07) is 11.4. The van der Waals surface area contributed by atoms with Crippen LogP contribution in [0.4, 0.5) is 5.82 Å². The largest absolute Gasteiger partial charge is 0.465 e. The third-order valence-electron chi connectivity index (χ3n) is 3.34. The number of rotatable bonds is 4. The van der Waals surface area contributed by atoms with Crippen LogP contribution in [0.5, 0.6) is 0 Å². The fourth-order valence-corrected chi connectivity index (χ4v) is 3.40. The Bertz CT molecular complexity index is 914. The van der Waals surface area contributed by atoms with E-state index in [1.165, 1.54) is 24.6 Å². The number of carbonyl (C=O) groups is 1. The number of thiophene rings is 1. The van der Waals surface area contributed by atoms with Crippen molar-refractivity contribution in [2.45, 2.75) is 6.54 Å². The van der Waals surface area contributed by atoms with Gasteiger partial charge in [0.25, 0.3) is 0 Å². The molecule has 7 heteroatoms. The van der Waals surface area contributed by atoms with Gasteiger partial charge in [-0.25, -0.2) is 4.79 Å². The average molecular weight is 324 g/mol. The first-order valence-corrected chi connectivity index (χ1v) is 7.60. The van der Waals surface area contributed by atoms with Crippen LogP contribution in [-0.4, -0.2) is 23.3 Å². The van der Waals surface area contributed by atoms with Crippen LogP contribution in [0, 0.1) is 11.3 Å². The molecule has 3 rings (SSSR count). The number of methoxy groups -OCH3 is 1. The Labute approximate surface area is 136 Å². The topological polar surface area (TPSA) is 87.9 Å². The van der Waals surface area contributed by atoms with Gasteiger partial charge in [-0.3, -0.25) is 0 Å². The van der Waals surface area contributed by atoms with Crippen molar-refractivity contribution in [3.8, 4) is 6.07 Å². The molecule has 0 aliphatic carbocycles. The van der Waals surface area contributed by atoms with E-state index in [-0.39, 0.29) is 5.97 Å². The quantitative estimate of drug-likeness (QED) is 0.742. The average Bonchev–Trinajstić information content (AvgIpc) is 2.98. The number of carbonyl (C=O) groups excluding carboxylic acids is 1. The first-order chi connectivity index (χ1) is 11.2. The highest BCUT2D eigenvalue weighted by atomic mass is 32.1. The van der Waals surface area contributed by atoms with Gasteiger partial charge in [-0.2, -0.15) is 10.4 Å². The number of benzene rings is 1. The van der Waals surface area contributed by atoms with E-state index < -0.39 is 0 Å². The summed E-state index contributed by atoms with van der Waals surface area (Å²) in [5.41, 5.74) is 1.23. The molecule has 0 bridgehead atoms. The summed E-state index contributed by atoms with van der Waals surface area (Å²) in [7, 11) is 1.36. The summed E-state index contributed by atoms with van der Waals surface area (Å²) in [6.07, 6.45) is 1.46. The molecule has 0 saturated heterocycles. The van der Waals surface area contributed by atoms with Gasteiger partial charge >= 0.3 is 5.97 Å². The van der Waals surface area contributed by atoms with Gasteiger partial charge in [-0.1, -0.05) is 18.2 Å². The zero-order valence-corrected chi connectivity index (χ0v) is 13.1. The second-order valence-electron chi connectivity index (χ2n) is 4.66. The van der Waals surface area contributed by atoms with Crippen molar-refractivity contribution in [2.75, 3.05) is 12.4 Å². The van der Waals surface area contributed by atoms with Crippen molar-refractivity contribution in [3.63, 3.8) is 0 Å². The van der Waals surface area contributed by atoms with Crippen LogP contribution in [0.3, 0.4) is 0 Å². The zero-order valence-electron chi connectivity index (χ0n) is 12.2. The predicted molar refractivity (Wildman–Crippen MR) is 87.2 cm³/mol. The summed E-state index contributed by atoms with van der Waals surface area (Å²) in [6.45, 7) is 0.349. The van der Waals surface area contributed by atoms with Gasteiger partial charge < -0.3 is 10.1 Å². The SMILES string of the molecule is COC(=O)c1sc2ccccc2c1CNc1nnccc1C#N. The van der Waals surface area contributed by atoms with Gasteiger partial charge in [0, 0.05) is 16.8 Å². The fourth-order valence-electron chi connectivity index (χ4n) is 2.26. The molecule has 1 N–H and O–H groups in total. The van der Waals surface area contributed by atoms with E-state index in [0.29, 0.717) is 22.8 Å². The standard InChI is InChI=1S/C16H12N4O2S/c1-22-16(21)14-12(11-4-2-3-5-13(11)23-14)9-18-15-10(8-17)6-7-19-20-15/h2-7H,9H2,1H3,(H,18,20). The molecule has 0 fully saturated rings. The smallest absolute Gasteiger partial charge is 0.348 e. The van der Waals surface area contributed by atoms with Gasteiger partial charge in [0.05, 0.1) is 18.9 Å². The normalized spacial score (nSPS) is 10.3. The van der Waals surface area contributed by atoms with E-state index >= 15 is 0 Å². The van der Waals surface area contributed by atoms with Crippen LogP contribution in [-0.2, 0) is 11.3 Å². The molecule has 0 atom stereocenters. The lowest BCUT2D eigenvalue weighted by Gasteiger charge is -2.07. The highest BCUT2D eigenvalue weighted by Gasteiger charge is 2.19. The lowest BCUT2D eigenvalue weighted by molar-refractivity contribution is 0.0605. The molecule has 23 heavy (non-hydrogen) atoms. The van der Waals surface area contributed by atoms with E-state index in [2.05, 4.69) is 21.6 Å². The van der Waals surface area contributed by atoms with Gasteiger partial charge in [-0.15, -0.1) is 16.4 Å². The Morgan fingerprint density at radius 3 is 3.00 bits per heavy atom. The lowest BCUT2D eigenvalue weighted by atomic mass is 10.1.